The van der Waals surface area contributed by atoms with Gasteiger partial charge in [-0.1, -0.05) is 19.3 Å². The Labute approximate surface area is 113 Å². The van der Waals surface area contributed by atoms with Crippen LogP contribution >= 0.6 is 0 Å². The van der Waals surface area contributed by atoms with Gasteiger partial charge in [-0.25, -0.2) is 9.78 Å². The van der Waals surface area contributed by atoms with E-state index in [0.29, 0.717) is 24.2 Å². The van der Waals surface area contributed by atoms with Crippen molar-refractivity contribution in [1.82, 2.24) is 4.98 Å². The average Bonchev–Trinajstić information content (AvgIpc) is 3.19. The Morgan fingerprint density at radius 1 is 1.21 bits per heavy atom. The second kappa shape index (κ2) is 5.35. The van der Waals surface area contributed by atoms with Crippen LogP contribution < -0.4 is 0 Å². The van der Waals surface area contributed by atoms with Crippen molar-refractivity contribution in [2.75, 3.05) is 6.61 Å². The van der Waals surface area contributed by atoms with E-state index in [-0.39, 0.29) is 5.97 Å². The number of rotatable bonds is 4. The van der Waals surface area contributed by atoms with Crippen molar-refractivity contribution in [3.05, 3.63) is 17.3 Å². The SMILES string of the molecule is CCOC(=O)c1oc(C2CCCCC2)nc1C1CC1. The van der Waals surface area contributed by atoms with Gasteiger partial charge in [0.05, 0.1) is 12.3 Å². The normalized spacial score (nSPS) is 20.5. The van der Waals surface area contributed by atoms with Gasteiger partial charge in [-0.15, -0.1) is 0 Å². The van der Waals surface area contributed by atoms with Crippen LogP contribution in [0.3, 0.4) is 0 Å². The Morgan fingerprint density at radius 2 is 1.95 bits per heavy atom. The van der Waals surface area contributed by atoms with Gasteiger partial charge in [0.25, 0.3) is 0 Å². The lowest BCUT2D eigenvalue weighted by Gasteiger charge is -2.17. The van der Waals surface area contributed by atoms with Gasteiger partial charge >= 0.3 is 5.97 Å². The number of hydrogen-bond donors (Lipinski definition) is 0. The minimum Gasteiger partial charge on any atom is -0.460 e. The predicted molar refractivity (Wildman–Crippen MR) is 70.3 cm³/mol. The zero-order valence-corrected chi connectivity index (χ0v) is 11.5. The van der Waals surface area contributed by atoms with Crippen LogP contribution in [0, 0.1) is 0 Å². The minimum absolute atomic E-state index is 0.348. The van der Waals surface area contributed by atoms with E-state index >= 15 is 0 Å². The van der Waals surface area contributed by atoms with E-state index < -0.39 is 0 Å². The van der Waals surface area contributed by atoms with Gasteiger partial charge in [0.1, 0.15) is 0 Å². The predicted octanol–water partition coefficient (Wildman–Crippen LogP) is 3.78. The number of carbonyl (C=O) groups excluding carboxylic acids is 1. The van der Waals surface area contributed by atoms with E-state index in [1.165, 1.54) is 19.3 Å². The minimum atomic E-state index is -0.348. The summed E-state index contributed by atoms with van der Waals surface area (Å²) in [6.07, 6.45) is 8.27. The van der Waals surface area contributed by atoms with Crippen molar-refractivity contribution >= 4 is 5.97 Å². The molecule has 4 heteroatoms. The van der Waals surface area contributed by atoms with Gasteiger partial charge in [0.2, 0.25) is 5.76 Å². The van der Waals surface area contributed by atoms with Crippen LogP contribution in [-0.4, -0.2) is 17.6 Å². The molecule has 104 valence electrons. The Hall–Kier alpha value is -1.32. The lowest BCUT2D eigenvalue weighted by molar-refractivity contribution is 0.0485. The summed E-state index contributed by atoms with van der Waals surface area (Å²) in [7, 11) is 0. The molecule has 2 fully saturated rings. The molecule has 2 aliphatic rings. The summed E-state index contributed by atoms with van der Waals surface area (Å²) in [4.78, 5) is 16.6. The van der Waals surface area contributed by atoms with Crippen molar-refractivity contribution < 1.29 is 13.9 Å². The highest BCUT2D eigenvalue weighted by molar-refractivity contribution is 5.87. The lowest BCUT2D eigenvalue weighted by atomic mass is 9.89. The maximum absolute atomic E-state index is 11.9. The number of aromatic nitrogens is 1. The van der Waals surface area contributed by atoms with Gasteiger partial charge in [-0.3, -0.25) is 0 Å². The highest BCUT2D eigenvalue weighted by Gasteiger charge is 2.35. The Morgan fingerprint density at radius 3 is 2.58 bits per heavy atom. The molecule has 3 rings (SSSR count). The molecule has 0 aliphatic heterocycles. The molecule has 1 aromatic heterocycles. The maximum Gasteiger partial charge on any atom is 0.376 e. The fraction of sp³-hybridized carbons (Fsp3) is 0.733. The van der Waals surface area contributed by atoms with Crippen molar-refractivity contribution in [1.29, 1.82) is 0 Å². The van der Waals surface area contributed by atoms with E-state index in [0.717, 1.165) is 37.3 Å². The third-order valence-electron chi connectivity index (χ3n) is 4.05. The summed E-state index contributed by atoms with van der Waals surface area (Å²) in [6, 6.07) is 0. The molecule has 4 nitrogen and oxygen atoms in total. The molecule has 0 radical (unpaired) electrons. The van der Waals surface area contributed by atoms with Gasteiger partial charge in [-0.2, -0.15) is 0 Å². The molecule has 0 amide bonds. The maximum atomic E-state index is 11.9. The first-order valence-electron chi connectivity index (χ1n) is 7.47. The number of oxazole rings is 1. The van der Waals surface area contributed by atoms with Crippen LogP contribution in [-0.2, 0) is 4.74 Å². The Kier molecular flexibility index (Phi) is 3.58. The van der Waals surface area contributed by atoms with E-state index in [4.69, 9.17) is 9.15 Å². The quantitative estimate of drug-likeness (QED) is 0.776. The smallest absolute Gasteiger partial charge is 0.376 e. The molecular formula is C15H21NO3. The Balaban J connectivity index is 1.85. The number of hydrogen-bond acceptors (Lipinski definition) is 4. The number of carbonyl (C=O) groups is 1. The zero-order chi connectivity index (χ0) is 13.2. The summed E-state index contributed by atoms with van der Waals surface area (Å²) in [5.74, 6) is 1.60. The van der Waals surface area contributed by atoms with Crippen molar-refractivity contribution in [2.24, 2.45) is 0 Å². The summed E-state index contributed by atoms with van der Waals surface area (Å²) in [5, 5.41) is 0. The number of ether oxygens (including phenoxy) is 1. The zero-order valence-electron chi connectivity index (χ0n) is 11.5. The number of nitrogens with zero attached hydrogens (tertiary/aromatic N) is 1. The van der Waals surface area contributed by atoms with Crippen LogP contribution in [0.1, 0.15) is 85.8 Å². The highest BCUT2D eigenvalue weighted by atomic mass is 16.5. The van der Waals surface area contributed by atoms with Crippen LogP contribution in [0.15, 0.2) is 4.42 Å². The monoisotopic (exact) mass is 263 g/mol. The molecule has 0 N–H and O–H groups in total. The van der Waals surface area contributed by atoms with Gasteiger partial charge in [0.15, 0.2) is 5.89 Å². The average molecular weight is 263 g/mol. The summed E-state index contributed by atoms with van der Waals surface area (Å²) in [5.41, 5.74) is 0.846. The molecule has 0 bridgehead atoms. The summed E-state index contributed by atoms with van der Waals surface area (Å²) >= 11 is 0. The largest absolute Gasteiger partial charge is 0.460 e. The standard InChI is InChI=1S/C15H21NO3/c1-2-18-15(17)13-12(10-8-9-10)16-14(19-13)11-6-4-3-5-7-11/h10-11H,2-9H2,1H3. The second-order valence-electron chi connectivity index (χ2n) is 5.60. The molecule has 0 unspecified atom stereocenters. The molecule has 1 aromatic rings. The molecular weight excluding hydrogens is 242 g/mol. The molecule has 0 spiro atoms. The van der Waals surface area contributed by atoms with Crippen LogP contribution in [0.4, 0.5) is 0 Å². The van der Waals surface area contributed by atoms with Crippen molar-refractivity contribution in [3.63, 3.8) is 0 Å². The van der Waals surface area contributed by atoms with Gasteiger partial charge < -0.3 is 9.15 Å². The fourth-order valence-electron chi connectivity index (χ4n) is 2.85. The van der Waals surface area contributed by atoms with Gasteiger partial charge in [-0.05, 0) is 32.6 Å². The summed E-state index contributed by atoms with van der Waals surface area (Å²) in [6.45, 7) is 2.19. The lowest BCUT2D eigenvalue weighted by Crippen LogP contribution is -2.06. The van der Waals surface area contributed by atoms with Crippen LogP contribution in [0.5, 0.6) is 0 Å². The molecule has 2 aliphatic carbocycles. The third-order valence-corrected chi connectivity index (χ3v) is 4.05. The molecule has 19 heavy (non-hydrogen) atoms. The topological polar surface area (TPSA) is 52.3 Å². The molecule has 1 heterocycles. The summed E-state index contributed by atoms with van der Waals surface area (Å²) < 4.78 is 10.9. The fourth-order valence-corrected chi connectivity index (χ4v) is 2.85. The number of esters is 1. The molecule has 0 atom stereocenters. The van der Waals surface area contributed by atoms with E-state index in [1.54, 1.807) is 0 Å². The molecule has 2 saturated carbocycles. The van der Waals surface area contributed by atoms with Crippen molar-refractivity contribution in [2.45, 2.75) is 63.7 Å². The second-order valence-corrected chi connectivity index (χ2v) is 5.60. The van der Waals surface area contributed by atoms with Crippen LogP contribution in [0.2, 0.25) is 0 Å². The first-order valence-corrected chi connectivity index (χ1v) is 7.47. The third kappa shape index (κ3) is 2.67. The van der Waals surface area contributed by atoms with E-state index in [1.807, 2.05) is 6.92 Å². The van der Waals surface area contributed by atoms with E-state index in [2.05, 4.69) is 4.98 Å². The first-order chi connectivity index (χ1) is 9.29. The van der Waals surface area contributed by atoms with Crippen LogP contribution in [0.25, 0.3) is 0 Å². The van der Waals surface area contributed by atoms with Gasteiger partial charge in [0, 0.05) is 11.8 Å². The highest BCUT2D eigenvalue weighted by Crippen LogP contribution is 2.43. The van der Waals surface area contributed by atoms with E-state index in [9.17, 15) is 4.79 Å². The first kappa shape index (κ1) is 12.7. The van der Waals surface area contributed by atoms with Crippen molar-refractivity contribution in [3.8, 4) is 0 Å². The molecule has 0 aromatic carbocycles. The molecule has 0 saturated heterocycles. The Bertz CT molecular complexity index is 456.